The van der Waals surface area contributed by atoms with E-state index in [0.717, 1.165) is 42.1 Å². The van der Waals surface area contributed by atoms with Gasteiger partial charge in [0.25, 0.3) is 0 Å². The number of allylic oxidation sites excluding steroid dienone is 2. The molecule has 0 saturated carbocycles. The van der Waals surface area contributed by atoms with Gasteiger partial charge in [-0.2, -0.15) is 0 Å². The summed E-state index contributed by atoms with van der Waals surface area (Å²) < 4.78 is 1.20. The van der Waals surface area contributed by atoms with E-state index in [1.165, 1.54) is 22.4 Å². The summed E-state index contributed by atoms with van der Waals surface area (Å²) in [4.78, 5) is 18.5. The number of fused-ring (bicyclic) bond motifs is 1. The van der Waals surface area contributed by atoms with Gasteiger partial charge in [0.15, 0.2) is 0 Å². The van der Waals surface area contributed by atoms with E-state index in [0.29, 0.717) is 18.3 Å². The van der Waals surface area contributed by atoms with Crippen LogP contribution in [0.1, 0.15) is 71.7 Å². The zero-order valence-electron chi connectivity index (χ0n) is 22.3. The van der Waals surface area contributed by atoms with Gasteiger partial charge in [-0.1, -0.05) is 47.1 Å². The molecule has 0 amide bonds. The second-order valence-corrected chi connectivity index (χ2v) is 11.7. The first-order valence-electron chi connectivity index (χ1n) is 13.2. The Morgan fingerprint density at radius 2 is 2.00 bits per heavy atom. The van der Waals surface area contributed by atoms with E-state index >= 15 is 0 Å². The monoisotopic (exact) mass is 497 g/mol. The van der Waals surface area contributed by atoms with E-state index in [-0.39, 0.29) is 18.4 Å². The van der Waals surface area contributed by atoms with E-state index in [9.17, 15) is 9.90 Å². The average molecular weight is 498 g/mol. The van der Waals surface area contributed by atoms with E-state index in [1.54, 1.807) is 11.3 Å². The predicted molar refractivity (Wildman–Crippen MR) is 149 cm³/mol. The third-order valence-electron chi connectivity index (χ3n) is 7.00. The molecule has 0 radical (unpaired) electrons. The van der Waals surface area contributed by atoms with Gasteiger partial charge in [0.1, 0.15) is 0 Å². The van der Waals surface area contributed by atoms with Gasteiger partial charge >= 0.3 is 5.97 Å². The van der Waals surface area contributed by atoms with E-state index in [1.807, 2.05) is 0 Å². The van der Waals surface area contributed by atoms with Crippen LogP contribution in [-0.4, -0.2) is 40.1 Å². The summed E-state index contributed by atoms with van der Waals surface area (Å²) in [6.45, 7) is 15.5. The number of anilines is 1. The lowest BCUT2D eigenvalue weighted by atomic mass is 9.85. The SMILES string of the molecule is CCC(C)CN(CC(C)C)C1CC=C([C@H](CC)CCC(=O)O)C=C1Nc1ccc2nc(C)sc2c1. The Morgan fingerprint density at radius 1 is 1.23 bits per heavy atom. The maximum atomic E-state index is 11.2. The number of hydrogen-bond donors (Lipinski definition) is 2. The molecule has 192 valence electrons. The van der Waals surface area contributed by atoms with Gasteiger partial charge in [-0.3, -0.25) is 9.69 Å². The zero-order chi connectivity index (χ0) is 25.5. The molecule has 1 aliphatic carbocycles. The van der Waals surface area contributed by atoms with Crippen molar-refractivity contribution in [2.45, 2.75) is 79.7 Å². The highest BCUT2D eigenvalue weighted by Crippen LogP contribution is 2.33. The molecular weight excluding hydrogens is 454 g/mol. The number of hydrogen-bond acceptors (Lipinski definition) is 5. The molecule has 1 heterocycles. The maximum Gasteiger partial charge on any atom is 0.303 e. The number of aromatic nitrogens is 1. The van der Waals surface area contributed by atoms with E-state index in [2.05, 4.69) is 87.1 Å². The van der Waals surface area contributed by atoms with Crippen molar-refractivity contribution < 1.29 is 9.90 Å². The lowest BCUT2D eigenvalue weighted by Crippen LogP contribution is -2.44. The van der Waals surface area contributed by atoms with Crippen molar-refractivity contribution in [1.29, 1.82) is 0 Å². The fraction of sp³-hybridized carbons (Fsp3) is 0.586. The number of rotatable bonds is 13. The second-order valence-electron chi connectivity index (χ2n) is 10.5. The number of carboxylic acids is 1. The summed E-state index contributed by atoms with van der Waals surface area (Å²) in [5, 5.41) is 14.1. The molecule has 1 aromatic carbocycles. The summed E-state index contributed by atoms with van der Waals surface area (Å²) in [6.07, 6.45) is 8.64. The third kappa shape index (κ3) is 7.65. The van der Waals surface area contributed by atoms with Crippen molar-refractivity contribution in [2.24, 2.45) is 17.8 Å². The Morgan fingerprint density at radius 3 is 2.66 bits per heavy atom. The normalized spacial score (nSPS) is 18.0. The highest BCUT2D eigenvalue weighted by atomic mass is 32.1. The molecule has 0 bridgehead atoms. The van der Waals surface area contributed by atoms with Crippen molar-refractivity contribution in [3.63, 3.8) is 0 Å². The van der Waals surface area contributed by atoms with Crippen molar-refractivity contribution in [2.75, 3.05) is 18.4 Å². The third-order valence-corrected chi connectivity index (χ3v) is 7.93. The summed E-state index contributed by atoms with van der Waals surface area (Å²) >= 11 is 1.73. The highest BCUT2D eigenvalue weighted by Gasteiger charge is 2.28. The Bertz CT molecular complexity index is 1060. The average Bonchev–Trinajstić information content (AvgIpc) is 3.18. The predicted octanol–water partition coefficient (Wildman–Crippen LogP) is 7.49. The fourth-order valence-electron chi connectivity index (χ4n) is 4.97. The molecule has 2 aromatic rings. The summed E-state index contributed by atoms with van der Waals surface area (Å²) in [6, 6.07) is 6.72. The van der Waals surface area contributed by atoms with Crippen LogP contribution in [0.3, 0.4) is 0 Å². The van der Waals surface area contributed by atoms with E-state index < -0.39 is 5.97 Å². The fourth-order valence-corrected chi connectivity index (χ4v) is 5.84. The number of aryl methyl sites for hydroxylation is 1. The van der Waals surface area contributed by atoms with Gasteiger partial charge in [0.2, 0.25) is 0 Å². The highest BCUT2D eigenvalue weighted by molar-refractivity contribution is 7.18. The van der Waals surface area contributed by atoms with Crippen molar-refractivity contribution in [3.05, 3.63) is 46.6 Å². The Kier molecular flexibility index (Phi) is 9.93. The smallest absolute Gasteiger partial charge is 0.303 e. The van der Waals surface area contributed by atoms with Gasteiger partial charge in [-0.05, 0) is 73.8 Å². The maximum absolute atomic E-state index is 11.2. The molecule has 1 aliphatic rings. The largest absolute Gasteiger partial charge is 0.481 e. The van der Waals surface area contributed by atoms with Crippen molar-refractivity contribution in [3.8, 4) is 0 Å². The van der Waals surface area contributed by atoms with Gasteiger partial charge in [0.05, 0.1) is 21.3 Å². The standard InChI is InChI=1S/C29H43N3O2S/c1-7-20(5)18-32(17-19(3)4)27-13-9-23(22(8-2)10-14-29(33)34)15-26(27)31-24-11-12-25-28(16-24)35-21(6)30-25/h9,11-12,15-16,19-20,22,27,31H,7-8,10,13-14,17-18H2,1-6H3,(H,33,34)/t20?,22-,27?/m1/s1. The minimum Gasteiger partial charge on any atom is -0.481 e. The molecule has 1 aromatic heterocycles. The Labute approximate surface area is 215 Å². The Hall–Kier alpha value is -2.18. The van der Waals surface area contributed by atoms with Crippen LogP contribution < -0.4 is 5.32 Å². The Balaban J connectivity index is 1.94. The number of carboxylic acid groups (broad SMARTS) is 1. The van der Waals surface area contributed by atoms with E-state index in [4.69, 9.17) is 0 Å². The quantitative estimate of drug-likeness (QED) is 0.300. The molecule has 3 atom stereocenters. The van der Waals surface area contributed by atoms with Gasteiger partial charge in [0, 0.05) is 30.9 Å². The lowest BCUT2D eigenvalue weighted by Gasteiger charge is -2.38. The molecule has 0 aliphatic heterocycles. The molecule has 3 rings (SSSR count). The van der Waals surface area contributed by atoms with Crippen molar-refractivity contribution >= 4 is 33.2 Å². The summed E-state index contributed by atoms with van der Waals surface area (Å²) in [5.41, 5.74) is 4.63. The molecule has 35 heavy (non-hydrogen) atoms. The number of carbonyl (C=O) groups is 1. The van der Waals surface area contributed by atoms with Crippen LogP contribution in [0, 0.1) is 24.7 Å². The lowest BCUT2D eigenvalue weighted by molar-refractivity contribution is -0.137. The molecule has 0 saturated heterocycles. The van der Waals surface area contributed by atoms with Crippen LogP contribution in [0.25, 0.3) is 10.2 Å². The molecule has 5 nitrogen and oxygen atoms in total. The van der Waals surface area contributed by atoms with Crippen LogP contribution in [-0.2, 0) is 4.79 Å². The zero-order valence-corrected chi connectivity index (χ0v) is 23.1. The minimum atomic E-state index is -0.718. The van der Waals surface area contributed by atoms with Crippen LogP contribution in [0.15, 0.2) is 41.6 Å². The summed E-state index contributed by atoms with van der Waals surface area (Å²) in [5.74, 6) is 0.769. The number of thiazole rings is 1. The molecule has 2 unspecified atom stereocenters. The number of aliphatic carboxylic acids is 1. The van der Waals surface area contributed by atoms with Crippen LogP contribution in [0.5, 0.6) is 0 Å². The van der Waals surface area contributed by atoms with Gasteiger partial charge in [-0.25, -0.2) is 4.98 Å². The molecular formula is C29H43N3O2S. The minimum absolute atomic E-state index is 0.213. The van der Waals surface area contributed by atoms with Crippen LogP contribution >= 0.6 is 11.3 Å². The van der Waals surface area contributed by atoms with Crippen LogP contribution in [0.2, 0.25) is 0 Å². The first-order valence-corrected chi connectivity index (χ1v) is 14.0. The molecule has 0 fully saturated rings. The summed E-state index contributed by atoms with van der Waals surface area (Å²) in [7, 11) is 0. The first-order chi connectivity index (χ1) is 16.7. The number of nitrogens with zero attached hydrogens (tertiary/aromatic N) is 2. The first kappa shape index (κ1) is 27.4. The molecule has 2 N–H and O–H groups in total. The van der Waals surface area contributed by atoms with Crippen molar-refractivity contribution in [1.82, 2.24) is 9.88 Å². The van der Waals surface area contributed by atoms with Gasteiger partial charge < -0.3 is 10.4 Å². The van der Waals surface area contributed by atoms with Gasteiger partial charge in [-0.15, -0.1) is 11.3 Å². The second kappa shape index (κ2) is 12.7. The number of nitrogens with one attached hydrogen (secondary N) is 1. The number of benzene rings is 1. The van der Waals surface area contributed by atoms with Crippen LogP contribution in [0.4, 0.5) is 5.69 Å². The topological polar surface area (TPSA) is 65.5 Å². The molecule has 6 heteroatoms. The molecule has 0 spiro atoms.